The fourth-order valence-electron chi connectivity index (χ4n) is 3.10. The summed E-state index contributed by atoms with van der Waals surface area (Å²) in [7, 11) is 0. The number of morpholine rings is 1. The Kier molecular flexibility index (Phi) is 7.16. The van der Waals surface area contributed by atoms with E-state index in [9.17, 15) is 4.79 Å². The minimum Gasteiger partial charge on any atom is -0.364 e. The van der Waals surface area contributed by atoms with E-state index in [0.717, 1.165) is 36.4 Å². The number of aryl methyl sites for hydroxylation is 2. The van der Waals surface area contributed by atoms with Crippen LogP contribution in [0.5, 0.6) is 0 Å². The lowest BCUT2D eigenvalue weighted by Gasteiger charge is -2.32. The van der Waals surface area contributed by atoms with Crippen molar-refractivity contribution < 1.29 is 14.4 Å². The number of hydrazine groups is 1. The topological polar surface area (TPSA) is 66.8 Å². The van der Waals surface area contributed by atoms with Crippen molar-refractivity contribution in [3.05, 3.63) is 29.3 Å². The molecular weight excluding hydrogens is 336 g/mol. The molecule has 0 aliphatic carbocycles. The largest absolute Gasteiger partial charge is 0.364 e. The minimum absolute atomic E-state index is 0.0654. The van der Waals surface area contributed by atoms with Crippen molar-refractivity contribution in [2.75, 3.05) is 25.0 Å². The Balaban J connectivity index is 1.70. The van der Waals surface area contributed by atoms with E-state index in [2.05, 4.69) is 36.1 Å². The molecule has 2 rings (SSSR count). The van der Waals surface area contributed by atoms with Crippen molar-refractivity contribution >= 4 is 28.9 Å². The van der Waals surface area contributed by atoms with E-state index in [1.807, 2.05) is 26.0 Å². The highest BCUT2D eigenvalue weighted by Crippen LogP contribution is 2.15. The van der Waals surface area contributed by atoms with Crippen LogP contribution >= 0.6 is 12.2 Å². The summed E-state index contributed by atoms with van der Waals surface area (Å²) in [4.78, 5) is 13.4. The van der Waals surface area contributed by atoms with Gasteiger partial charge in [0.15, 0.2) is 5.11 Å². The Labute approximate surface area is 155 Å². The smallest absolute Gasteiger partial charge is 0.244 e. The Bertz CT molecular complexity index is 613. The third-order valence-electron chi connectivity index (χ3n) is 4.28. The molecule has 1 heterocycles. The lowest BCUT2D eigenvalue weighted by atomic mass is 10.1. The van der Waals surface area contributed by atoms with Gasteiger partial charge in [0.1, 0.15) is 25.3 Å². The van der Waals surface area contributed by atoms with Gasteiger partial charge in [-0.15, -0.1) is 0 Å². The number of carbonyl (C=O) groups is 1. The molecule has 1 amide bonds. The molecule has 1 aliphatic rings. The van der Waals surface area contributed by atoms with Crippen LogP contribution in [0, 0.1) is 13.8 Å². The normalized spacial score (nSPS) is 23.0. The van der Waals surface area contributed by atoms with Crippen LogP contribution in [0.3, 0.4) is 0 Å². The summed E-state index contributed by atoms with van der Waals surface area (Å²) in [6, 6.07) is 6.11. The summed E-state index contributed by atoms with van der Waals surface area (Å²) in [6.45, 7) is 10.9. The van der Waals surface area contributed by atoms with Crippen LogP contribution in [0.25, 0.3) is 0 Å². The minimum atomic E-state index is -0.0654. The van der Waals surface area contributed by atoms with Gasteiger partial charge in [-0.05, 0) is 57.1 Å². The molecule has 3 atom stereocenters. The van der Waals surface area contributed by atoms with Gasteiger partial charge in [-0.1, -0.05) is 12.1 Å². The molecule has 0 spiro atoms. The molecule has 1 aromatic carbocycles. The molecule has 1 unspecified atom stereocenters. The average Bonchev–Trinajstić information content (AvgIpc) is 2.53. The maximum Gasteiger partial charge on any atom is 0.244 e. The zero-order valence-electron chi connectivity index (χ0n) is 15.4. The van der Waals surface area contributed by atoms with E-state index >= 15 is 0 Å². The van der Waals surface area contributed by atoms with Gasteiger partial charge in [0, 0.05) is 5.69 Å². The van der Waals surface area contributed by atoms with Gasteiger partial charge in [0.2, 0.25) is 5.91 Å². The SMILES string of the molecule is Cc1ccc(C)c(NC(=S)NNC(=O)CC[NH+]2C[C@@H](C)O[C@@H](C)C2)c1. The standard InChI is InChI=1S/C18H28N4O2S/c1-12-5-6-13(2)16(9-12)19-18(25)21-20-17(23)7-8-22-10-14(3)24-15(4)11-22/h5-6,9,14-15H,7-8,10-11H2,1-4H3,(H,20,23)(H2,19,21,25)/p+1/t14-,15+. The molecule has 1 saturated heterocycles. The number of anilines is 1. The molecule has 138 valence electrons. The Hall–Kier alpha value is -1.70. The summed E-state index contributed by atoms with van der Waals surface area (Å²) >= 11 is 5.24. The van der Waals surface area contributed by atoms with Crippen LogP contribution in [-0.4, -0.2) is 42.9 Å². The van der Waals surface area contributed by atoms with Crippen LogP contribution in [0.15, 0.2) is 18.2 Å². The summed E-state index contributed by atoms with van der Waals surface area (Å²) < 4.78 is 5.72. The second kappa shape index (κ2) is 9.12. The molecule has 0 bridgehead atoms. The van der Waals surface area contributed by atoms with E-state index in [1.165, 1.54) is 4.90 Å². The van der Waals surface area contributed by atoms with Crippen molar-refractivity contribution in [2.45, 2.75) is 46.3 Å². The number of ether oxygens (including phenoxy) is 1. The summed E-state index contributed by atoms with van der Waals surface area (Å²) in [6.07, 6.45) is 0.942. The van der Waals surface area contributed by atoms with Crippen molar-refractivity contribution in [3.8, 4) is 0 Å². The van der Waals surface area contributed by atoms with E-state index in [4.69, 9.17) is 17.0 Å². The highest BCUT2D eigenvalue weighted by atomic mass is 32.1. The second-order valence-corrected chi connectivity index (χ2v) is 7.27. The van der Waals surface area contributed by atoms with Gasteiger partial charge in [-0.25, -0.2) is 0 Å². The van der Waals surface area contributed by atoms with Gasteiger partial charge >= 0.3 is 0 Å². The number of benzene rings is 1. The monoisotopic (exact) mass is 365 g/mol. The van der Waals surface area contributed by atoms with Gasteiger partial charge < -0.3 is 15.0 Å². The first kappa shape index (κ1) is 19.6. The summed E-state index contributed by atoms with van der Waals surface area (Å²) in [5.41, 5.74) is 8.62. The molecule has 0 aromatic heterocycles. The lowest BCUT2D eigenvalue weighted by Crippen LogP contribution is -3.15. The van der Waals surface area contributed by atoms with Crippen molar-refractivity contribution in [1.82, 2.24) is 10.9 Å². The van der Waals surface area contributed by atoms with Crippen molar-refractivity contribution in [3.63, 3.8) is 0 Å². The van der Waals surface area contributed by atoms with E-state index in [-0.39, 0.29) is 18.1 Å². The lowest BCUT2D eigenvalue weighted by molar-refractivity contribution is -0.914. The maximum atomic E-state index is 12.0. The second-order valence-electron chi connectivity index (χ2n) is 6.86. The fourth-order valence-corrected chi connectivity index (χ4v) is 3.26. The first-order chi connectivity index (χ1) is 11.8. The molecule has 1 fully saturated rings. The zero-order chi connectivity index (χ0) is 18.4. The third kappa shape index (κ3) is 6.61. The van der Waals surface area contributed by atoms with E-state index in [1.54, 1.807) is 0 Å². The van der Waals surface area contributed by atoms with Gasteiger partial charge in [-0.3, -0.25) is 15.6 Å². The highest BCUT2D eigenvalue weighted by molar-refractivity contribution is 7.80. The maximum absolute atomic E-state index is 12.0. The van der Waals surface area contributed by atoms with Crippen LogP contribution in [0.1, 0.15) is 31.4 Å². The first-order valence-corrected chi connectivity index (χ1v) is 9.16. The molecule has 1 aromatic rings. The van der Waals surface area contributed by atoms with Gasteiger partial charge in [0.25, 0.3) is 0 Å². The predicted molar refractivity (Wildman–Crippen MR) is 104 cm³/mol. The number of amides is 1. The van der Waals surface area contributed by atoms with Crippen LogP contribution < -0.4 is 21.1 Å². The van der Waals surface area contributed by atoms with Crippen molar-refractivity contribution in [2.24, 2.45) is 0 Å². The van der Waals surface area contributed by atoms with Gasteiger partial charge in [-0.2, -0.15) is 0 Å². The molecule has 6 nitrogen and oxygen atoms in total. The number of hydrogen-bond donors (Lipinski definition) is 4. The molecular formula is C18H29N4O2S+. The number of thiocarbonyl (C=S) groups is 1. The third-order valence-corrected chi connectivity index (χ3v) is 4.48. The number of carbonyl (C=O) groups excluding carboxylic acids is 1. The molecule has 4 N–H and O–H groups in total. The zero-order valence-corrected chi connectivity index (χ0v) is 16.3. The molecule has 0 saturated carbocycles. The number of rotatable bonds is 4. The van der Waals surface area contributed by atoms with Crippen LogP contribution in [-0.2, 0) is 9.53 Å². The van der Waals surface area contributed by atoms with Gasteiger partial charge in [0.05, 0.1) is 13.0 Å². The van der Waals surface area contributed by atoms with E-state index in [0.29, 0.717) is 11.5 Å². The molecule has 7 heteroatoms. The molecule has 25 heavy (non-hydrogen) atoms. The fraction of sp³-hybridized carbons (Fsp3) is 0.556. The van der Waals surface area contributed by atoms with Crippen molar-refractivity contribution in [1.29, 1.82) is 0 Å². The van der Waals surface area contributed by atoms with Crippen LogP contribution in [0.2, 0.25) is 0 Å². The first-order valence-electron chi connectivity index (χ1n) is 8.75. The summed E-state index contributed by atoms with van der Waals surface area (Å²) in [5.74, 6) is -0.0654. The average molecular weight is 366 g/mol. The number of hydrogen-bond acceptors (Lipinski definition) is 3. The Morgan fingerprint density at radius 3 is 2.60 bits per heavy atom. The van der Waals surface area contributed by atoms with Crippen LogP contribution in [0.4, 0.5) is 5.69 Å². The predicted octanol–water partition coefficient (Wildman–Crippen LogP) is 0.703. The Morgan fingerprint density at radius 1 is 1.24 bits per heavy atom. The van der Waals surface area contributed by atoms with E-state index < -0.39 is 0 Å². The Morgan fingerprint density at radius 2 is 1.92 bits per heavy atom. The molecule has 1 aliphatic heterocycles. The number of quaternary nitrogens is 1. The molecule has 0 radical (unpaired) electrons. The number of nitrogens with one attached hydrogen (secondary N) is 4. The summed E-state index contributed by atoms with van der Waals surface area (Å²) in [5, 5.41) is 3.49. The quantitative estimate of drug-likeness (QED) is 0.467. The highest BCUT2D eigenvalue weighted by Gasteiger charge is 2.25.